The number of hydrogen-bond acceptors (Lipinski definition) is 6. The van der Waals surface area contributed by atoms with Crippen molar-refractivity contribution in [2.24, 2.45) is 0 Å². The van der Waals surface area contributed by atoms with E-state index in [4.69, 9.17) is 0 Å². The summed E-state index contributed by atoms with van der Waals surface area (Å²) in [7, 11) is 0. The van der Waals surface area contributed by atoms with Crippen molar-refractivity contribution < 1.29 is 5.11 Å². The Balaban J connectivity index is 1.89. The summed E-state index contributed by atoms with van der Waals surface area (Å²) >= 11 is 3.32. The van der Waals surface area contributed by atoms with E-state index in [9.17, 15) is 5.11 Å². The molecule has 0 unspecified atom stereocenters. The molecule has 3 aromatic heterocycles. The molecule has 0 atom stereocenters. The lowest BCUT2D eigenvalue weighted by Crippen LogP contribution is -1.98. The number of phenolic OH excluding ortho intramolecular Hbond substituents is 1. The predicted octanol–water partition coefficient (Wildman–Crippen LogP) is 5.18. The number of anilines is 2. The Kier molecular flexibility index (Phi) is 3.48. The van der Waals surface area contributed by atoms with Crippen molar-refractivity contribution in [2.75, 3.05) is 5.32 Å². The van der Waals surface area contributed by atoms with E-state index in [1.807, 2.05) is 19.1 Å². The number of rotatable bonds is 3. The summed E-state index contributed by atoms with van der Waals surface area (Å²) in [5.41, 5.74) is 1.94. The van der Waals surface area contributed by atoms with Gasteiger partial charge in [-0.05, 0) is 30.5 Å². The fraction of sp³-hybridized carbons (Fsp3) is 0.0588. The van der Waals surface area contributed by atoms with E-state index in [1.54, 1.807) is 40.9 Å². The van der Waals surface area contributed by atoms with Crippen LogP contribution in [0.1, 0.15) is 5.82 Å². The monoisotopic (exact) mass is 339 g/mol. The molecule has 0 fully saturated rings. The van der Waals surface area contributed by atoms with Crippen LogP contribution < -0.4 is 5.32 Å². The zero-order valence-corrected chi connectivity index (χ0v) is 13.9. The minimum absolute atomic E-state index is 0.223. The maximum atomic E-state index is 9.65. The number of nitrogens with zero attached hydrogens (tertiary/aromatic N) is 2. The van der Waals surface area contributed by atoms with Crippen LogP contribution in [-0.4, -0.2) is 15.1 Å². The van der Waals surface area contributed by atoms with Crippen molar-refractivity contribution in [3.8, 4) is 16.2 Å². The van der Waals surface area contributed by atoms with Crippen LogP contribution in [0, 0.1) is 6.92 Å². The van der Waals surface area contributed by atoms with Crippen LogP contribution in [0.4, 0.5) is 11.5 Å². The maximum Gasteiger partial charge on any atom is 0.143 e. The van der Waals surface area contributed by atoms with Gasteiger partial charge in [-0.1, -0.05) is 12.1 Å². The summed E-state index contributed by atoms with van der Waals surface area (Å²) in [6, 6.07) is 11.2. The Labute approximate surface area is 141 Å². The van der Waals surface area contributed by atoms with Gasteiger partial charge in [-0.2, -0.15) is 0 Å². The number of nitrogens with one attached hydrogen (secondary N) is 1. The minimum atomic E-state index is 0.223. The first-order valence-electron chi connectivity index (χ1n) is 7.06. The van der Waals surface area contributed by atoms with E-state index in [0.717, 1.165) is 33.1 Å². The Morgan fingerprint density at radius 1 is 1.09 bits per heavy atom. The van der Waals surface area contributed by atoms with Crippen LogP contribution in [0.5, 0.6) is 5.75 Å². The first-order valence-corrected chi connectivity index (χ1v) is 8.82. The number of aryl methyl sites for hydroxylation is 1. The second-order valence-corrected chi connectivity index (χ2v) is 6.91. The summed E-state index contributed by atoms with van der Waals surface area (Å²) < 4.78 is 0. The summed E-state index contributed by atoms with van der Waals surface area (Å²) in [5.74, 6) is 1.71. The van der Waals surface area contributed by atoms with Gasteiger partial charge in [0.05, 0.1) is 5.39 Å². The Hall–Kier alpha value is -2.44. The lowest BCUT2D eigenvalue weighted by atomic mass is 10.2. The van der Waals surface area contributed by atoms with Crippen molar-refractivity contribution in [3.05, 3.63) is 53.0 Å². The Morgan fingerprint density at radius 3 is 2.78 bits per heavy atom. The van der Waals surface area contributed by atoms with E-state index in [-0.39, 0.29) is 5.75 Å². The molecule has 0 aliphatic heterocycles. The smallest absolute Gasteiger partial charge is 0.143 e. The Morgan fingerprint density at radius 2 is 2.00 bits per heavy atom. The van der Waals surface area contributed by atoms with Crippen LogP contribution in [0.3, 0.4) is 0 Å². The molecule has 4 nitrogen and oxygen atoms in total. The summed E-state index contributed by atoms with van der Waals surface area (Å²) in [4.78, 5) is 11.3. The van der Waals surface area contributed by atoms with Gasteiger partial charge in [0.15, 0.2) is 0 Å². The van der Waals surface area contributed by atoms with E-state index >= 15 is 0 Å². The highest BCUT2D eigenvalue weighted by molar-refractivity contribution is 7.18. The highest BCUT2D eigenvalue weighted by Gasteiger charge is 2.15. The molecule has 23 heavy (non-hydrogen) atoms. The van der Waals surface area contributed by atoms with Gasteiger partial charge in [0.25, 0.3) is 0 Å². The highest BCUT2D eigenvalue weighted by atomic mass is 32.1. The van der Waals surface area contributed by atoms with Gasteiger partial charge in [-0.15, -0.1) is 22.7 Å². The second-order valence-electron chi connectivity index (χ2n) is 5.10. The number of aromatic nitrogens is 2. The molecule has 4 aromatic rings. The van der Waals surface area contributed by atoms with Gasteiger partial charge in [0, 0.05) is 27.6 Å². The molecule has 0 amide bonds. The Bertz CT molecular complexity index is 977. The molecule has 6 heteroatoms. The zero-order valence-electron chi connectivity index (χ0n) is 12.3. The molecule has 3 heterocycles. The zero-order chi connectivity index (χ0) is 15.8. The van der Waals surface area contributed by atoms with Crippen molar-refractivity contribution in [1.82, 2.24) is 9.97 Å². The normalized spacial score (nSPS) is 11.0. The number of benzene rings is 1. The molecule has 4 rings (SSSR count). The third-order valence-corrected chi connectivity index (χ3v) is 5.22. The molecular weight excluding hydrogens is 326 g/mol. The van der Waals surface area contributed by atoms with E-state index in [0.29, 0.717) is 0 Å². The average molecular weight is 339 g/mol. The fourth-order valence-electron chi connectivity index (χ4n) is 2.47. The summed E-state index contributed by atoms with van der Waals surface area (Å²) in [6.07, 6.45) is 0. The van der Waals surface area contributed by atoms with Crippen LogP contribution >= 0.6 is 22.7 Å². The third kappa shape index (κ3) is 2.67. The molecular formula is C17H13N3OS2. The van der Waals surface area contributed by atoms with E-state index in [1.165, 1.54) is 4.88 Å². The lowest BCUT2D eigenvalue weighted by molar-refractivity contribution is 0.475. The second kappa shape index (κ2) is 5.64. The minimum Gasteiger partial charge on any atom is -0.508 e. The molecule has 0 bridgehead atoms. The van der Waals surface area contributed by atoms with E-state index < -0.39 is 0 Å². The first-order chi connectivity index (χ1) is 11.2. The lowest BCUT2D eigenvalue weighted by Gasteiger charge is -2.09. The van der Waals surface area contributed by atoms with Gasteiger partial charge in [-0.25, -0.2) is 9.97 Å². The number of aromatic hydroxyl groups is 1. The van der Waals surface area contributed by atoms with Crippen molar-refractivity contribution in [2.45, 2.75) is 6.92 Å². The molecule has 0 saturated carbocycles. The van der Waals surface area contributed by atoms with Gasteiger partial charge < -0.3 is 10.4 Å². The van der Waals surface area contributed by atoms with Crippen LogP contribution in [0.2, 0.25) is 0 Å². The number of thiophene rings is 2. The summed E-state index contributed by atoms with van der Waals surface area (Å²) in [6.45, 7) is 1.89. The van der Waals surface area contributed by atoms with Gasteiger partial charge >= 0.3 is 0 Å². The molecule has 114 valence electrons. The van der Waals surface area contributed by atoms with Gasteiger partial charge in [-0.3, -0.25) is 0 Å². The molecule has 2 N–H and O–H groups in total. The molecule has 0 saturated heterocycles. The number of phenols is 1. The van der Waals surface area contributed by atoms with Crippen molar-refractivity contribution in [3.63, 3.8) is 0 Å². The van der Waals surface area contributed by atoms with Crippen LogP contribution in [0.25, 0.3) is 20.7 Å². The molecule has 0 aliphatic carbocycles. The van der Waals surface area contributed by atoms with Crippen LogP contribution in [-0.2, 0) is 0 Å². The SMILES string of the molecule is Cc1nc(Nc2cccc(O)c2)c2c(-c3cccs3)csc2n1. The first kappa shape index (κ1) is 14.2. The van der Waals surface area contributed by atoms with Crippen LogP contribution in [0.15, 0.2) is 47.2 Å². The van der Waals surface area contributed by atoms with Gasteiger partial charge in [0.2, 0.25) is 0 Å². The largest absolute Gasteiger partial charge is 0.508 e. The molecule has 0 radical (unpaired) electrons. The molecule has 0 spiro atoms. The number of fused-ring (bicyclic) bond motifs is 1. The third-order valence-electron chi connectivity index (χ3n) is 3.44. The summed E-state index contributed by atoms with van der Waals surface area (Å²) in [5, 5.41) is 18.2. The van der Waals surface area contributed by atoms with Gasteiger partial charge in [0.1, 0.15) is 22.2 Å². The highest BCUT2D eigenvalue weighted by Crippen LogP contribution is 2.39. The molecule has 1 aromatic carbocycles. The van der Waals surface area contributed by atoms with Crippen molar-refractivity contribution in [1.29, 1.82) is 0 Å². The quantitative estimate of drug-likeness (QED) is 0.540. The van der Waals surface area contributed by atoms with Crippen molar-refractivity contribution >= 4 is 44.4 Å². The fourth-order valence-corrected chi connectivity index (χ4v) is 4.28. The maximum absolute atomic E-state index is 9.65. The predicted molar refractivity (Wildman–Crippen MR) is 96.9 cm³/mol. The topological polar surface area (TPSA) is 58.0 Å². The molecule has 0 aliphatic rings. The average Bonchev–Trinajstić information content (AvgIpc) is 3.15. The number of hydrogen-bond donors (Lipinski definition) is 2. The standard InChI is InChI=1S/C17H13N3OS2/c1-10-18-16(20-11-4-2-5-12(21)8-11)15-13(9-23-17(15)19-10)14-6-3-7-22-14/h2-9,21H,1H3,(H,18,19,20). The van der Waals surface area contributed by atoms with E-state index in [2.05, 4.69) is 32.1 Å².